The molecule has 2 aromatic rings. The van der Waals surface area contributed by atoms with E-state index in [-0.39, 0.29) is 28.5 Å². The monoisotopic (exact) mass is 437 g/mol. The maximum absolute atomic E-state index is 12.8. The molecule has 32 heavy (non-hydrogen) atoms. The van der Waals surface area contributed by atoms with Crippen molar-refractivity contribution < 1.29 is 9.72 Å². The van der Waals surface area contributed by atoms with Gasteiger partial charge in [0.1, 0.15) is 5.69 Å². The van der Waals surface area contributed by atoms with Gasteiger partial charge in [0.2, 0.25) is 0 Å². The van der Waals surface area contributed by atoms with Gasteiger partial charge in [-0.15, -0.1) is 0 Å². The van der Waals surface area contributed by atoms with Gasteiger partial charge in [-0.05, 0) is 42.9 Å². The zero-order valence-electron chi connectivity index (χ0n) is 18.9. The van der Waals surface area contributed by atoms with Crippen LogP contribution in [-0.4, -0.2) is 21.9 Å². The van der Waals surface area contributed by atoms with Crippen molar-refractivity contribution in [1.29, 1.82) is 0 Å². The number of hydrogen-bond acceptors (Lipinski definition) is 4. The minimum Gasteiger partial charge on any atom is -0.348 e. The Balaban J connectivity index is 1.75. The average molecular weight is 438 g/mol. The summed E-state index contributed by atoms with van der Waals surface area (Å²) in [6.45, 7) is 0. The number of nitro benzene ring substituents is 1. The second-order valence-electron chi connectivity index (χ2n) is 8.93. The second kappa shape index (κ2) is 12.9. The number of nitrogens with one attached hydrogen (secondary N) is 1. The van der Waals surface area contributed by atoms with Gasteiger partial charge in [-0.25, -0.2) is 0 Å². The minimum atomic E-state index is -0.354. The molecule has 172 valence electrons. The Kier molecular flexibility index (Phi) is 9.66. The van der Waals surface area contributed by atoms with Crippen LogP contribution in [0.3, 0.4) is 0 Å². The summed E-state index contributed by atoms with van der Waals surface area (Å²) in [5.74, 6) is 0.145. The summed E-state index contributed by atoms with van der Waals surface area (Å²) in [4.78, 5) is 27.7. The molecule has 1 unspecified atom stereocenters. The van der Waals surface area contributed by atoms with Crippen LogP contribution in [0.5, 0.6) is 0 Å². The van der Waals surface area contributed by atoms with Crippen LogP contribution in [0.2, 0.25) is 0 Å². The smallest absolute Gasteiger partial charge is 0.270 e. The number of aromatic nitrogens is 1. The Morgan fingerprint density at radius 2 is 1.50 bits per heavy atom. The zero-order valence-corrected chi connectivity index (χ0v) is 18.9. The van der Waals surface area contributed by atoms with Gasteiger partial charge >= 0.3 is 0 Å². The molecule has 0 aliphatic heterocycles. The number of non-ortho nitro benzene ring substituents is 1. The number of rotatable bonds is 4. The summed E-state index contributed by atoms with van der Waals surface area (Å²) in [6, 6.07) is 12.4. The van der Waals surface area contributed by atoms with Crippen molar-refractivity contribution in [2.45, 2.75) is 89.0 Å². The van der Waals surface area contributed by atoms with E-state index in [4.69, 9.17) is 0 Å². The fraction of sp³-hybridized carbons (Fsp3) is 0.538. The largest absolute Gasteiger partial charge is 0.348 e. The van der Waals surface area contributed by atoms with Crippen LogP contribution in [0.15, 0.2) is 48.7 Å². The lowest BCUT2D eigenvalue weighted by atomic mass is 9.85. The highest BCUT2D eigenvalue weighted by Gasteiger charge is 2.21. The SMILES string of the molecule is O=C(N[C@@H]1CCCCCCCCCCCC(c2ccc([N+](=O)[O-])cc2)C1)c1ccccn1. The third-order valence-corrected chi connectivity index (χ3v) is 6.48. The molecule has 6 heteroatoms. The van der Waals surface area contributed by atoms with Crippen molar-refractivity contribution in [3.63, 3.8) is 0 Å². The molecule has 3 rings (SSSR count). The Bertz CT molecular complexity index is 839. The summed E-state index contributed by atoms with van der Waals surface area (Å²) in [7, 11) is 0. The topological polar surface area (TPSA) is 85.1 Å². The standard InChI is InChI=1S/C26H35N3O3/c30-26(25-14-10-11-19-27-25)28-23-13-9-7-5-3-1-2-4-6-8-12-22(20-23)21-15-17-24(18-16-21)29(31)32/h10-11,14-19,22-23H,1-9,12-13,20H2,(H,28,30)/t22?,23-/m1/s1. The molecule has 0 bridgehead atoms. The van der Waals surface area contributed by atoms with E-state index in [1.165, 1.54) is 44.9 Å². The van der Waals surface area contributed by atoms with Crippen molar-refractivity contribution in [1.82, 2.24) is 10.3 Å². The van der Waals surface area contributed by atoms with Gasteiger partial charge in [-0.2, -0.15) is 0 Å². The van der Waals surface area contributed by atoms with Gasteiger partial charge in [0.05, 0.1) is 4.92 Å². The first-order chi connectivity index (χ1) is 15.6. The molecule has 1 amide bonds. The van der Waals surface area contributed by atoms with Gasteiger partial charge in [0.15, 0.2) is 0 Å². The molecule has 0 spiro atoms. The van der Waals surface area contributed by atoms with Gasteiger partial charge in [-0.1, -0.05) is 76.0 Å². The van der Waals surface area contributed by atoms with E-state index in [1.807, 2.05) is 24.3 Å². The maximum Gasteiger partial charge on any atom is 0.270 e. The molecule has 1 aromatic heterocycles. The Morgan fingerprint density at radius 1 is 0.875 bits per heavy atom. The van der Waals surface area contributed by atoms with E-state index in [0.717, 1.165) is 37.7 Å². The van der Waals surface area contributed by atoms with Crippen molar-refractivity contribution in [2.24, 2.45) is 0 Å². The maximum atomic E-state index is 12.8. The van der Waals surface area contributed by atoms with Crippen LogP contribution in [0.25, 0.3) is 0 Å². The molecule has 1 heterocycles. The first-order valence-electron chi connectivity index (χ1n) is 12.1. The summed E-state index contributed by atoms with van der Waals surface area (Å²) >= 11 is 0. The predicted molar refractivity (Wildman–Crippen MR) is 127 cm³/mol. The number of hydrogen-bond donors (Lipinski definition) is 1. The molecule has 2 atom stereocenters. The average Bonchev–Trinajstić information content (AvgIpc) is 2.81. The number of pyridine rings is 1. The summed E-state index contributed by atoms with van der Waals surface area (Å²) in [5.41, 5.74) is 1.69. The Hall–Kier alpha value is -2.76. The van der Waals surface area contributed by atoms with E-state index in [1.54, 1.807) is 24.4 Å². The fourth-order valence-electron chi connectivity index (χ4n) is 4.66. The van der Waals surface area contributed by atoms with Gasteiger partial charge in [-0.3, -0.25) is 19.9 Å². The van der Waals surface area contributed by atoms with Crippen LogP contribution in [0.4, 0.5) is 5.69 Å². The molecular formula is C26H35N3O3. The third-order valence-electron chi connectivity index (χ3n) is 6.48. The summed E-state index contributed by atoms with van der Waals surface area (Å²) < 4.78 is 0. The molecule has 1 aromatic carbocycles. The van der Waals surface area contributed by atoms with Crippen molar-refractivity contribution >= 4 is 11.6 Å². The molecule has 6 nitrogen and oxygen atoms in total. The van der Waals surface area contributed by atoms with Crippen LogP contribution in [-0.2, 0) is 0 Å². The molecular weight excluding hydrogens is 402 g/mol. The molecule has 1 aliphatic carbocycles. The van der Waals surface area contributed by atoms with Gasteiger partial charge in [0.25, 0.3) is 11.6 Å². The van der Waals surface area contributed by atoms with Crippen LogP contribution in [0.1, 0.15) is 99.0 Å². The van der Waals surface area contributed by atoms with E-state index < -0.39 is 0 Å². The fourth-order valence-corrected chi connectivity index (χ4v) is 4.66. The lowest BCUT2D eigenvalue weighted by molar-refractivity contribution is -0.384. The molecule has 1 aliphatic rings. The molecule has 1 N–H and O–H groups in total. The van der Waals surface area contributed by atoms with E-state index in [9.17, 15) is 14.9 Å². The van der Waals surface area contributed by atoms with Crippen molar-refractivity contribution in [3.05, 3.63) is 70.0 Å². The predicted octanol–water partition coefficient (Wildman–Crippen LogP) is 6.57. The number of carbonyl (C=O) groups is 1. The highest BCUT2D eigenvalue weighted by molar-refractivity contribution is 5.92. The summed E-state index contributed by atoms with van der Waals surface area (Å²) in [6.07, 6.45) is 15.6. The van der Waals surface area contributed by atoms with Crippen LogP contribution < -0.4 is 5.32 Å². The van der Waals surface area contributed by atoms with E-state index in [2.05, 4.69) is 10.3 Å². The number of carbonyl (C=O) groups excluding carboxylic acids is 1. The minimum absolute atomic E-state index is 0.0626. The Morgan fingerprint density at radius 3 is 2.09 bits per heavy atom. The van der Waals surface area contributed by atoms with Gasteiger partial charge in [0, 0.05) is 24.4 Å². The normalized spacial score (nSPS) is 21.2. The summed E-state index contributed by atoms with van der Waals surface area (Å²) in [5, 5.41) is 14.3. The number of nitro groups is 1. The number of nitrogens with zero attached hydrogens (tertiary/aromatic N) is 2. The van der Waals surface area contributed by atoms with E-state index >= 15 is 0 Å². The van der Waals surface area contributed by atoms with Crippen molar-refractivity contribution in [2.75, 3.05) is 0 Å². The first-order valence-corrected chi connectivity index (χ1v) is 12.1. The highest BCUT2D eigenvalue weighted by Crippen LogP contribution is 2.31. The number of amides is 1. The second-order valence-corrected chi connectivity index (χ2v) is 8.93. The molecule has 0 saturated heterocycles. The lowest BCUT2D eigenvalue weighted by Gasteiger charge is -2.25. The molecule has 1 saturated carbocycles. The van der Waals surface area contributed by atoms with Gasteiger partial charge < -0.3 is 5.32 Å². The van der Waals surface area contributed by atoms with Crippen LogP contribution in [0, 0.1) is 10.1 Å². The quantitative estimate of drug-likeness (QED) is 0.433. The molecule has 0 radical (unpaired) electrons. The van der Waals surface area contributed by atoms with Crippen molar-refractivity contribution in [3.8, 4) is 0 Å². The highest BCUT2D eigenvalue weighted by atomic mass is 16.6. The Labute approximate surface area is 191 Å². The third kappa shape index (κ3) is 7.74. The first kappa shape index (κ1) is 23.9. The van der Waals surface area contributed by atoms with Crippen LogP contribution >= 0.6 is 0 Å². The molecule has 1 fully saturated rings. The number of benzene rings is 1. The zero-order chi connectivity index (χ0) is 22.6. The lowest BCUT2D eigenvalue weighted by Crippen LogP contribution is -2.36. The van der Waals surface area contributed by atoms with E-state index in [0.29, 0.717) is 5.69 Å².